The zero-order valence-electron chi connectivity index (χ0n) is 28.3. The van der Waals surface area contributed by atoms with E-state index in [1.54, 1.807) is 12.2 Å². The number of cyclic esters (lactones) is 2. The van der Waals surface area contributed by atoms with E-state index in [1.807, 2.05) is 26.8 Å². The first-order valence-corrected chi connectivity index (χ1v) is 17.5. The summed E-state index contributed by atoms with van der Waals surface area (Å²) < 4.78 is 23.3. The van der Waals surface area contributed by atoms with Crippen LogP contribution in [0.5, 0.6) is 0 Å². The summed E-state index contributed by atoms with van der Waals surface area (Å²) >= 11 is 0. The summed E-state index contributed by atoms with van der Waals surface area (Å²) in [4.78, 5) is 62.2. The van der Waals surface area contributed by atoms with Gasteiger partial charge in [0.25, 0.3) is 6.47 Å². The standard InChI is InChI=1S/C37H48O10/c1-18(2)33-23-11-27(42-17-38)31-19(3)10-21(15-37(31,6)26(23)14-29(39)45-33)47-43-16-20(4)34-24-12-28-32-22(35(41)44-28)8-7-9-36(32,5)25(24)13-30(40)46-34/h11,13-14,17-22,24,27-28,31-34H,7-10,12,15-16H2,1-6H3. The minimum atomic E-state index is -0.523. The number of rotatable bonds is 8. The summed E-state index contributed by atoms with van der Waals surface area (Å²) in [5, 5.41) is 0. The van der Waals surface area contributed by atoms with Gasteiger partial charge in [0.2, 0.25) is 0 Å². The van der Waals surface area contributed by atoms with Crippen LogP contribution in [0.25, 0.3) is 0 Å². The van der Waals surface area contributed by atoms with Crippen molar-refractivity contribution in [2.45, 2.75) is 111 Å². The molecule has 0 bridgehead atoms. The van der Waals surface area contributed by atoms with Crippen LogP contribution >= 0.6 is 0 Å². The molecule has 3 heterocycles. The Morgan fingerprint density at radius 1 is 0.979 bits per heavy atom. The molecule has 10 nitrogen and oxygen atoms in total. The summed E-state index contributed by atoms with van der Waals surface area (Å²) in [6.45, 7) is 13.2. The fraction of sp³-hybridized carbons (Fsp3) is 0.730. The molecule has 7 aliphatic rings. The molecule has 10 heteroatoms. The van der Waals surface area contributed by atoms with Crippen molar-refractivity contribution in [3.63, 3.8) is 0 Å². The zero-order valence-corrected chi connectivity index (χ0v) is 28.3. The molecule has 256 valence electrons. The number of esters is 3. The van der Waals surface area contributed by atoms with Crippen molar-refractivity contribution in [1.29, 1.82) is 0 Å². The maximum absolute atomic E-state index is 13.0. The summed E-state index contributed by atoms with van der Waals surface area (Å²) in [6, 6.07) is 0. The maximum Gasteiger partial charge on any atom is 0.331 e. The van der Waals surface area contributed by atoms with Gasteiger partial charge in [-0.3, -0.25) is 9.59 Å². The first-order chi connectivity index (χ1) is 22.4. The minimum absolute atomic E-state index is 0.0472. The lowest BCUT2D eigenvalue weighted by Crippen LogP contribution is -2.54. The third-order valence-electron chi connectivity index (χ3n) is 12.8. The van der Waals surface area contributed by atoms with Crippen LogP contribution in [0.3, 0.4) is 0 Å². The quantitative estimate of drug-likeness (QED) is 0.114. The van der Waals surface area contributed by atoms with E-state index in [0.717, 1.165) is 36.0 Å². The van der Waals surface area contributed by atoms with Gasteiger partial charge in [-0.1, -0.05) is 48.0 Å². The first kappa shape index (κ1) is 32.6. The number of fused-ring (bicyclic) bond motifs is 5. The average Bonchev–Trinajstić information content (AvgIpc) is 3.33. The van der Waals surface area contributed by atoms with E-state index in [4.69, 9.17) is 28.7 Å². The van der Waals surface area contributed by atoms with E-state index in [1.165, 1.54) is 0 Å². The smallest absolute Gasteiger partial charge is 0.331 e. The predicted octanol–water partition coefficient (Wildman–Crippen LogP) is 5.20. The second-order valence-electron chi connectivity index (χ2n) is 16.1. The van der Waals surface area contributed by atoms with E-state index in [2.05, 4.69) is 20.8 Å². The van der Waals surface area contributed by atoms with Gasteiger partial charge in [-0.05, 0) is 72.2 Å². The van der Waals surface area contributed by atoms with Gasteiger partial charge >= 0.3 is 17.9 Å². The lowest BCUT2D eigenvalue weighted by Gasteiger charge is -2.55. The van der Waals surface area contributed by atoms with E-state index in [9.17, 15) is 19.2 Å². The summed E-state index contributed by atoms with van der Waals surface area (Å²) in [5.74, 6) is -0.913. The van der Waals surface area contributed by atoms with Gasteiger partial charge in [0.05, 0.1) is 18.6 Å². The van der Waals surface area contributed by atoms with Gasteiger partial charge in [-0.25, -0.2) is 19.4 Å². The van der Waals surface area contributed by atoms with E-state index < -0.39 is 23.7 Å². The Hall–Kier alpha value is -2.98. The van der Waals surface area contributed by atoms with Crippen LogP contribution in [-0.2, 0) is 47.9 Å². The minimum Gasteiger partial charge on any atom is -0.462 e. The highest BCUT2D eigenvalue weighted by Crippen LogP contribution is 2.62. The van der Waals surface area contributed by atoms with Crippen molar-refractivity contribution in [2.75, 3.05) is 6.61 Å². The molecule has 3 saturated carbocycles. The Labute approximate surface area is 276 Å². The largest absolute Gasteiger partial charge is 0.462 e. The van der Waals surface area contributed by atoms with Crippen LogP contribution in [0, 0.1) is 52.3 Å². The Kier molecular flexibility index (Phi) is 8.22. The Morgan fingerprint density at radius 2 is 1.74 bits per heavy atom. The molecule has 3 aliphatic heterocycles. The number of hydrogen-bond donors (Lipinski definition) is 0. The van der Waals surface area contributed by atoms with Crippen LogP contribution in [-0.4, -0.2) is 61.5 Å². The van der Waals surface area contributed by atoms with Gasteiger partial charge < -0.3 is 18.9 Å². The van der Waals surface area contributed by atoms with Crippen LogP contribution < -0.4 is 0 Å². The second kappa shape index (κ2) is 11.9. The maximum atomic E-state index is 13.0. The molecule has 7 rings (SSSR count). The number of carbonyl (C=O) groups excluding carboxylic acids is 4. The molecule has 47 heavy (non-hydrogen) atoms. The third-order valence-corrected chi connectivity index (χ3v) is 12.8. The normalized spacial score (nSPS) is 44.2. The highest BCUT2D eigenvalue weighted by Gasteiger charge is 2.63. The van der Waals surface area contributed by atoms with Crippen LogP contribution in [0.4, 0.5) is 0 Å². The lowest BCUT2D eigenvalue weighted by atomic mass is 9.51. The van der Waals surface area contributed by atoms with Gasteiger partial charge in [0.15, 0.2) is 0 Å². The molecule has 0 aromatic heterocycles. The molecule has 13 unspecified atom stereocenters. The zero-order chi connectivity index (χ0) is 33.4. The highest BCUT2D eigenvalue weighted by molar-refractivity contribution is 5.87. The Bertz CT molecular complexity index is 1430. The molecule has 4 fully saturated rings. The fourth-order valence-electron chi connectivity index (χ4n) is 11.0. The molecular weight excluding hydrogens is 604 g/mol. The molecule has 1 saturated heterocycles. The van der Waals surface area contributed by atoms with Gasteiger partial charge in [-0.15, -0.1) is 0 Å². The molecule has 0 aromatic carbocycles. The van der Waals surface area contributed by atoms with Gasteiger partial charge in [0.1, 0.15) is 24.4 Å². The molecule has 0 N–H and O–H groups in total. The fourth-order valence-corrected chi connectivity index (χ4v) is 11.0. The number of hydrogen-bond acceptors (Lipinski definition) is 10. The topological polar surface area (TPSA) is 124 Å². The molecule has 13 atom stereocenters. The van der Waals surface area contributed by atoms with Crippen molar-refractivity contribution < 1.29 is 47.9 Å². The van der Waals surface area contributed by atoms with Crippen LogP contribution in [0.15, 0.2) is 34.9 Å². The molecule has 0 amide bonds. The van der Waals surface area contributed by atoms with Gasteiger partial charge in [-0.2, -0.15) is 0 Å². The van der Waals surface area contributed by atoms with Gasteiger partial charge in [0, 0.05) is 41.2 Å². The summed E-state index contributed by atoms with van der Waals surface area (Å²) in [6.07, 6.45) is 8.14. The SMILES string of the molecule is CC(C)C1OC(=O)C=C2C1=CC(OC=O)C1C(C)CC(OOCC(C)C3OC(=O)C=C4C3CC3OC(=O)C5CCCC4(C)C35)CC21C. The lowest BCUT2D eigenvalue weighted by molar-refractivity contribution is -0.345. The molecular formula is C37H48O10. The van der Waals surface area contributed by atoms with Crippen molar-refractivity contribution in [3.05, 3.63) is 34.9 Å². The average molecular weight is 653 g/mol. The Morgan fingerprint density at radius 3 is 2.49 bits per heavy atom. The van der Waals surface area contributed by atoms with E-state index in [-0.39, 0.29) is 83.6 Å². The van der Waals surface area contributed by atoms with Crippen molar-refractivity contribution in [3.8, 4) is 0 Å². The Balaban J connectivity index is 1.06. The molecule has 0 aromatic rings. The predicted molar refractivity (Wildman–Crippen MR) is 167 cm³/mol. The monoisotopic (exact) mass is 652 g/mol. The molecule has 0 radical (unpaired) electrons. The van der Waals surface area contributed by atoms with Crippen LogP contribution in [0.1, 0.15) is 80.1 Å². The summed E-state index contributed by atoms with van der Waals surface area (Å²) in [5.41, 5.74) is 2.13. The van der Waals surface area contributed by atoms with E-state index >= 15 is 0 Å². The second-order valence-corrected chi connectivity index (χ2v) is 16.1. The van der Waals surface area contributed by atoms with E-state index in [0.29, 0.717) is 25.7 Å². The third kappa shape index (κ3) is 5.20. The van der Waals surface area contributed by atoms with Crippen molar-refractivity contribution >= 4 is 24.4 Å². The number of carbonyl (C=O) groups is 4. The van der Waals surface area contributed by atoms with Crippen molar-refractivity contribution in [2.24, 2.45) is 52.3 Å². The molecule has 4 aliphatic carbocycles. The molecule has 0 spiro atoms. The van der Waals surface area contributed by atoms with Crippen molar-refractivity contribution in [1.82, 2.24) is 0 Å². The first-order valence-electron chi connectivity index (χ1n) is 17.5. The van der Waals surface area contributed by atoms with Crippen LogP contribution in [0.2, 0.25) is 0 Å². The number of ether oxygens (including phenoxy) is 4. The summed E-state index contributed by atoms with van der Waals surface area (Å²) in [7, 11) is 0. The highest BCUT2D eigenvalue weighted by atomic mass is 17.2.